The number of fused-ring (bicyclic) bond motifs is 1. The second-order valence-electron chi connectivity index (χ2n) is 2.85. The standard InChI is InChI=1S/C9H7BFN/c10-7-3-6-4-8(11)1-2-9(6)12-5-7/h1-5H,10H2. The summed E-state index contributed by atoms with van der Waals surface area (Å²) in [6.45, 7) is 0. The zero-order chi connectivity index (χ0) is 8.55. The summed E-state index contributed by atoms with van der Waals surface area (Å²) in [6.07, 6.45) is 1.78. The molecule has 1 aromatic carbocycles. The fourth-order valence-corrected chi connectivity index (χ4v) is 1.21. The van der Waals surface area contributed by atoms with Crippen molar-refractivity contribution in [3.8, 4) is 0 Å². The number of hydrogen-bond acceptors (Lipinski definition) is 1. The molecule has 0 aliphatic rings. The fraction of sp³-hybridized carbons (Fsp3) is 0. The molecule has 3 heteroatoms. The van der Waals surface area contributed by atoms with Crippen LogP contribution >= 0.6 is 0 Å². The van der Waals surface area contributed by atoms with Crippen molar-refractivity contribution in [2.24, 2.45) is 0 Å². The maximum Gasteiger partial charge on any atom is 0.141 e. The maximum atomic E-state index is 12.7. The summed E-state index contributed by atoms with van der Waals surface area (Å²) in [6, 6.07) is 6.52. The van der Waals surface area contributed by atoms with E-state index in [0.29, 0.717) is 0 Å². The molecule has 0 spiro atoms. The van der Waals surface area contributed by atoms with E-state index in [4.69, 9.17) is 0 Å². The number of benzene rings is 1. The highest BCUT2D eigenvalue weighted by Crippen LogP contribution is 2.10. The molecule has 0 aliphatic carbocycles. The molecule has 0 atom stereocenters. The van der Waals surface area contributed by atoms with E-state index in [0.717, 1.165) is 16.4 Å². The van der Waals surface area contributed by atoms with E-state index in [9.17, 15) is 4.39 Å². The SMILES string of the molecule is Bc1cnc2ccc(F)cc2c1. The molecule has 1 nitrogen and oxygen atoms in total. The van der Waals surface area contributed by atoms with Gasteiger partial charge in [-0.1, -0.05) is 11.5 Å². The molecule has 0 fully saturated rings. The summed E-state index contributed by atoms with van der Waals surface area (Å²) >= 11 is 0. The van der Waals surface area contributed by atoms with Gasteiger partial charge in [0.05, 0.1) is 5.52 Å². The molecule has 1 heterocycles. The van der Waals surface area contributed by atoms with Gasteiger partial charge in [0.2, 0.25) is 0 Å². The van der Waals surface area contributed by atoms with Crippen molar-refractivity contribution < 1.29 is 4.39 Å². The average Bonchev–Trinajstić information content (AvgIpc) is 2.03. The minimum Gasteiger partial charge on any atom is -0.257 e. The van der Waals surface area contributed by atoms with E-state index in [2.05, 4.69) is 4.98 Å². The maximum absolute atomic E-state index is 12.7. The molecular weight excluding hydrogens is 152 g/mol. The van der Waals surface area contributed by atoms with Crippen molar-refractivity contribution in [2.45, 2.75) is 0 Å². The van der Waals surface area contributed by atoms with Crippen LogP contribution in [0.5, 0.6) is 0 Å². The van der Waals surface area contributed by atoms with Gasteiger partial charge in [-0.05, 0) is 18.2 Å². The van der Waals surface area contributed by atoms with Gasteiger partial charge in [-0.3, -0.25) is 4.98 Å². The molecule has 0 aliphatic heterocycles. The van der Waals surface area contributed by atoms with Gasteiger partial charge >= 0.3 is 0 Å². The van der Waals surface area contributed by atoms with Crippen molar-refractivity contribution in [2.75, 3.05) is 0 Å². The summed E-state index contributed by atoms with van der Waals surface area (Å²) < 4.78 is 12.7. The van der Waals surface area contributed by atoms with E-state index in [1.165, 1.54) is 12.1 Å². The zero-order valence-corrected chi connectivity index (χ0v) is 6.71. The molecule has 2 rings (SSSR count). The summed E-state index contributed by atoms with van der Waals surface area (Å²) in [5, 5.41) is 0.856. The molecule has 1 aromatic heterocycles. The Bertz CT molecular complexity index is 391. The van der Waals surface area contributed by atoms with Crippen molar-refractivity contribution >= 4 is 24.2 Å². The molecule has 0 amide bonds. The van der Waals surface area contributed by atoms with Gasteiger partial charge < -0.3 is 0 Å². The van der Waals surface area contributed by atoms with Crippen LogP contribution in [-0.4, -0.2) is 12.8 Å². The van der Waals surface area contributed by atoms with Gasteiger partial charge in [0.25, 0.3) is 0 Å². The molecule has 0 bridgehead atoms. The lowest BCUT2D eigenvalue weighted by Crippen LogP contribution is -2.02. The Morgan fingerprint density at radius 1 is 1.25 bits per heavy atom. The smallest absolute Gasteiger partial charge is 0.141 e. The Kier molecular flexibility index (Phi) is 1.57. The predicted octanol–water partition coefficient (Wildman–Crippen LogP) is 0.632. The van der Waals surface area contributed by atoms with Gasteiger partial charge in [-0.25, -0.2) is 4.39 Å². The van der Waals surface area contributed by atoms with Crippen molar-refractivity contribution in [3.05, 3.63) is 36.3 Å². The van der Waals surface area contributed by atoms with E-state index in [1.54, 1.807) is 12.3 Å². The molecule has 0 saturated heterocycles. The van der Waals surface area contributed by atoms with Crippen LogP contribution in [0.2, 0.25) is 0 Å². The van der Waals surface area contributed by atoms with Crippen LogP contribution in [0.1, 0.15) is 0 Å². The van der Waals surface area contributed by atoms with Gasteiger partial charge in [-0.15, -0.1) is 0 Å². The second kappa shape index (κ2) is 2.59. The third-order valence-electron chi connectivity index (χ3n) is 1.78. The van der Waals surface area contributed by atoms with E-state index in [-0.39, 0.29) is 5.82 Å². The van der Waals surface area contributed by atoms with E-state index in [1.807, 2.05) is 13.9 Å². The Morgan fingerprint density at radius 2 is 2.08 bits per heavy atom. The highest BCUT2D eigenvalue weighted by Gasteiger charge is 1.95. The molecule has 0 saturated carbocycles. The Labute approximate surface area is 70.7 Å². The summed E-state index contributed by atoms with van der Waals surface area (Å²) in [4.78, 5) is 4.16. The van der Waals surface area contributed by atoms with Crippen molar-refractivity contribution in [1.82, 2.24) is 4.98 Å². The van der Waals surface area contributed by atoms with Crippen LogP contribution in [0, 0.1) is 5.82 Å². The van der Waals surface area contributed by atoms with Crippen LogP contribution < -0.4 is 5.46 Å². The van der Waals surface area contributed by atoms with Crippen molar-refractivity contribution in [3.63, 3.8) is 0 Å². The first-order valence-corrected chi connectivity index (χ1v) is 3.77. The fourth-order valence-electron chi connectivity index (χ4n) is 1.21. The van der Waals surface area contributed by atoms with Gasteiger partial charge in [-0.2, -0.15) is 0 Å². The lowest BCUT2D eigenvalue weighted by molar-refractivity contribution is 0.629. The third kappa shape index (κ3) is 1.18. The summed E-state index contributed by atoms with van der Waals surface area (Å²) in [5.74, 6) is -0.213. The third-order valence-corrected chi connectivity index (χ3v) is 1.78. The van der Waals surface area contributed by atoms with Gasteiger partial charge in [0.15, 0.2) is 0 Å². The lowest BCUT2D eigenvalue weighted by atomic mass is 9.97. The molecule has 0 unspecified atom stereocenters. The normalized spacial score (nSPS) is 10.4. The number of hydrogen-bond donors (Lipinski definition) is 0. The van der Waals surface area contributed by atoms with Crippen LogP contribution in [0.25, 0.3) is 10.9 Å². The molecule has 12 heavy (non-hydrogen) atoms. The summed E-state index contributed by atoms with van der Waals surface area (Å²) in [5.41, 5.74) is 1.88. The quantitative estimate of drug-likeness (QED) is 0.513. The van der Waals surface area contributed by atoms with E-state index < -0.39 is 0 Å². The number of aromatic nitrogens is 1. The van der Waals surface area contributed by atoms with Crippen LogP contribution in [-0.2, 0) is 0 Å². The molecule has 2 aromatic rings. The largest absolute Gasteiger partial charge is 0.257 e. The van der Waals surface area contributed by atoms with Gasteiger partial charge in [0.1, 0.15) is 13.7 Å². The average molecular weight is 159 g/mol. The van der Waals surface area contributed by atoms with Crippen LogP contribution in [0.15, 0.2) is 30.5 Å². The Balaban J connectivity index is 2.80. The monoisotopic (exact) mass is 159 g/mol. The first-order chi connectivity index (χ1) is 5.75. The minimum absolute atomic E-state index is 0.213. The Hall–Kier alpha value is -1.38. The Morgan fingerprint density at radius 3 is 2.92 bits per heavy atom. The zero-order valence-electron chi connectivity index (χ0n) is 6.71. The lowest BCUT2D eigenvalue weighted by Gasteiger charge is -1.97. The molecular formula is C9H7BFN. The van der Waals surface area contributed by atoms with Crippen molar-refractivity contribution in [1.29, 1.82) is 0 Å². The number of pyridine rings is 1. The highest BCUT2D eigenvalue weighted by atomic mass is 19.1. The number of rotatable bonds is 0. The second-order valence-corrected chi connectivity index (χ2v) is 2.85. The topological polar surface area (TPSA) is 12.9 Å². The number of halogens is 1. The highest BCUT2D eigenvalue weighted by molar-refractivity contribution is 6.32. The minimum atomic E-state index is -0.213. The van der Waals surface area contributed by atoms with Gasteiger partial charge in [0, 0.05) is 11.6 Å². The molecule has 58 valence electrons. The summed E-state index contributed by atoms with van der Waals surface area (Å²) in [7, 11) is 1.94. The first-order valence-electron chi connectivity index (χ1n) is 3.77. The van der Waals surface area contributed by atoms with Crippen LogP contribution in [0.4, 0.5) is 4.39 Å². The number of nitrogens with zero attached hydrogens (tertiary/aromatic N) is 1. The molecule has 0 radical (unpaired) electrons. The predicted molar refractivity (Wildman–Crippen MR) is 49.9 cm³/mol. The van der Waals surface area contributed by atoms with Crippen LogP contribution in [0.3, 0.4) is 0 Å². The molecule has 0 N–H and O–H groups in total. The first kappa shape index (κ1) is 7.28. The van der Waals surface area contributed by atoms with E-state index >= 15 is 0 Å².